The first-order chi connectivity index (χ1) is 12.3. The molecule has 2 aromatic heterocycles. The lowest BCUT2D eigenvalue weighted by molar-refractivity contribution is 0.0745. The van der Waals surface area contributed by atoms with E-state index in [1.807, 2.05) is 57.8 Å². The van der Waals surface area contributed by atoms with Crippen LogP contribution in [0.15, 0.2) is 6.07 Å². The van der Waals surface area contributed by atoms with Gasteiger partial charge in [-0.2, -0.15) is 5.10 Å². The van der Waals surface area contributed by atoms with E-state index >= 15 is 0 Å². The van der Waals surface area contributed by atoms with Crippen LogP contribution in [0.1, 0.15) is 27.6 Å². The molecule has 0 atom stereocenters. The van der Waals surface area contributed by atoms with Crippen LogP contribution < -0.4 is 9.80 Å². The molecule has 0 N–H and O–H groups in total. The van der Waals surface area contributed by atoms with Gasteiger partial charge in [-0.05, 0) is 20.8 Å². The van der Waals surface area contributed by atoms with Crippen LogP contribution in [0.25, 0.3) is 0 Å². The first-order valence-electron chi connectivity index (χ1n) is 8.85. The van der Waals surface area contributed by atoms with E-state index in [0.717, 1.165) is 47.5 Å². The number of carbonyl (C=O) groups is 1. The summed E-state index contributed by atoms with van der Waals surface area (Å²) in [4.78, 5) is 28.0. The minimum Gasteiger partial charge on any atom is -0.363 e. The van der Waals surface area contributed by atoms with Crippen molar-refractivity contribution >= 4 is 17.5 Å². The third-order valence-electron chi connectivity index (χ3n) is 4.88. The van der Waals surface area contributed by atoms with E-state index in [0.29, 0.717) is 13.1 Å². The summed E-state index contributed by atoms with van der Waals surface area (Å²) in [6.07, 6.45) is 0. The molecule has 0 unspecified atom stereocenters. The number of piperazine rings is 1. The van der Waals surface area contributed by atoms with E-state index in [1.165, 1.54) is 0 Å². The quantitative estimate of drug-likeness (QED) is 0.821. The minimum absolute atomic E-state index is 0.0700. The summed E-state index contributed by atoms with van der Waals surface area (Å²) in [5.74, 6) is 2.64. The maximum Gasteiger partial charge on any atom is 0.257 e. The number of nitrogens with zero attached hydrogens (tertiary/aromatic N) is 7. The van der Waals surface area contributed by atoms with E-state index in [-0.39, 0.29) is 5.91 Å². The Morgan fingerprint density at radius 1 is 1.08 bits per heavy atom. The van der Waals surface area contributed by atoms with Crippen molar-refractivity contribution in [2.75, 3.05) is 50.1 Å². The van der Waals surface area contributed by atoms with E-state index in [9.17, 15) is 4.79 Å². The fourth-order valence-electron chi connectivity index (χ4n) is 3.31. The molecule has 1 saturated heterocycles. The summed E-state index contributed by atoms with van der Waals surface area (Å²) in [5, 5.41) is 4.36. The summed E-state index contributed by atoms with van der Waals surface area (Å²) in [5.41, 5.74) is 2.44. The Balaban J connectivity index is 1.72. The zero-order valence-electron chi connectivity index (χ0n) is 16.4. The fraction of sp³-hybridized carbons (Fsp3) is 0.556. The zero-order valence-corrected chi connectivity index (χ0v) is 16.4. The van der Waals surface area contributed by atoms with Gasteiger partial charge in [-0.25, -0.2) is 9.97 Å². The molecule has 0 aliphatic carbocycles. The predicted octanol–water partition coefficient (Wildman–Crippen LogP) is 1.16. The molecule has 0 radical (unpaired) electrons. The largest absolute Gasteiger partial charge is 0.363 e. The van der Waals surface area contributed by atoms with Gasteiger partial charge in [-0.1, -0.05) is 0 Å². The highest BCUT2D eigenvalue weighted by Gasteiger charge is 2.27. The number of hydrogen-bond acceptors (Lipinski definition) is 6. The zero-order chi connectivity index (χ0) is 19.0. The van der Waals surface area contributed by atoms with Crippen LogP contribution in [-0.2, 0) is 7.05 Å². The maximum absolute atomic E-state index is 12.9. The second-order valence-corrected chi connectivity index (χ2v) is 6.97. The van der Waals surface area contributed by atoms with Gasteiger partial charge in [0.1, 0.15) is 17.5 Å². The molecule has 3 heterocycles. The number of carbonyl (C=O) groups excluding carboxylic acids is 1. The molecule has 2 aromatic rings. The molecule has 0 saturated carbocycles. The van der Waals surface area contributed by atoms with Crippen LogP contribution in [0, 0.1) is 20.8 Å². The molecule has 1 amide bonds. The number of aryl methyl sites for hydroxylation is 3. The average molecular weight is 357 g/mol. The Hall–Kier alpha value is -2.64. The Kier molecular flexibility index (Phi) is 4.84. The van der Waals surface area contributed by atoms with Crippen molar-refractivity contribution in [1.29, 1.82) is 0 Å². The lowest BCUT2D eigenvalue weighted by atomic mass is 10.1. The first kappa shape index (κ1) is 18.2. The second kappa shape index (κ2) is 6.93. The van der Waals surface area contributed by atoms with Gasteiger partial charge in [-0.15, -0.1) is 0 Å². The fourth-order valence-corrected chi connectivity index (χ4v) is 3.31. The normalized spacial score (nSPS) is 14.7. The van der Waals surface area contributed by atoms with Crippen molar-refractivity contribution in [3.63, 3.8) is 0 Å². The van der Waals surface area contributed by atoms with Crippen LogP contribution >= 0.6 is 0 Å². The minimum atomic E-state index is 0.0700. The van der Waals surface area contributed by atoms with Crippen molar-refractivity contribution in [2.24, 2.45) is 7.05 Å². The average Bonchev–Trinajstić information content (AvgIpc) is 2.86. The highest BCUT2D eigenvalue weighted by molar-refractivity contribution is 5.96. The van der Waals surface area contributed by atoms with Gasteiger partial charge in [-0.3, -0.25) is 9.48 Å². The van der Waals surface area contributed by atoms with Crippen molar-refractivity contribution in [3.8, 4) is 0 Å². The molecule has 8 heteroatoms. The molecule has 26 heavy (non-hydrogen) atoms. The van der Waals surface area contributed by atoms with Gasteiger partial charge in [0.2, 0.25) is 0 Å². The van der Waals surface area contributed by atoms with Crippen LogP contribution in [-0.4, -0.2) is 70.8 Å². The molecule has 1 aliphatic rings. The van der Waals surface area contributed by atoms with Gasteiger partial charge in [0.15, 0.2) is 0 Å². The summed E-state index contributed by atoms with van der Waals surface area (Å²) in [7, 11) is 5.82. The van der Waals surface area contributed by atoms with Gasteiger partial charge in [0.05, 0.1) is 11.3 Å². The van der Waals surface area contributed by atoms with Crippen LogP contribution in [0.2, 0.25) is 0 Å². The standard InChI is InChI=1S/C18H27N7O/c1-12-17(13(2)23(6)21-12)18(26)25-9-7-24(8-10-25)16-11-15(22(4)5)19-14(3)20-16/h11H,7-10H2,1-6H3. The van der Waals surface area contributed by atoms with Gasteiger partial charge in [0, 0.05) is 59.1 Å². The third-order valence-corrected chi connectivity index (χ3v) is 4.88. The first-order valence-corrected chi connectivity index (χ1v) is 8.85. The highest BCUT2D eigenvalue weighted by atomic mass is 16.2. The van der Waals surface area contributed by atoms with Gasteiger partial charge < -0.3 is 14.7 Å². The highest BCUT2D eigenvalue weighted by Crippen LogP contribution is 2.21. The molecule has 0 bridgehead atoms. The van der Waals surface area contributed by atoms with Crippen molar-refractivity contribution in [2.45, 2.75) is 20.8 Å². The van der Waals surface area contributed by atoms with E-state index in [4.69, 9.17) is 0 Å². The van der Waals surface area contributed by atoms with E-state index < -0.39 is 0 Å². The predicted molar refractivity (Wildman–Crippen MR) is 102 cm³/mol. The Bertz CT molecular complexity index is 819. The molecule has 1 aliphatic heterocycles. The SMILES string of the molecule is Cc1nc(N(C)C)cc(N2CCN(C(=O)c3c(C)nn(C)c3C)CC2)n1. The summed E-state index contributed by atoms with van der Waals surface area (Å²) in [6.45, 7) is 8.60. The smallest absolute Gasteiger partial charge is 0.257 e. The number of hydrogen-bond donors (Lipinski definition) is 0. The molecule has 8 nitrogen and oxygen atoms in total. The lowest BCUT2D eigenvalue weighted by Gasteiger charge is -2.35. The van der Waals surface area contributed by atoms with Crippen LogP contribution in [0.5, 0.6) is 0 Å². The van der Waals surface area contributed by atoms with Crippen molar-refractivity contribution in [1.82, 2.24) is 24.6 Å². The van der Waals surface area contributed by atoms with Gasteiger partial charge in [0.25, 0.3) is 5.91 Å². The molecular weight excluding hydrogens is 330 g/mol. The molecule has 0 aromatic carbocycles. The summed E-state index contributed by atoms with van der Waals surface area (Å²) < 4.78 is 1.77. The van der Waals surface area contributed by atoms with Crippen LogP contribution in [0.4, 0.5) is 11.6 Å². The van der Waals surface area contributed by atoms with Crippen molar-refractivity contribution < 1.29 is 4.79 Å². The number of aromatic nitrogens is 4. The lowest BCUT2D eigenvalue weighted by Crippen LogP contribution is -2.49. The van der Waals surface area contributed by atoms with E-state index in [1.54, 1.807) is 4.68 Å². The Morgan fingerprint density at radius 3 is 2.27 bits per heavy atom. The summed E-state index contributed by atoms with van der Waals surface area (Å²) in [6, 6.07) is 2.00. The second-order valence-electron chi connectivity index (χ2n) is 6.97. The molecule has 3 rings (SSSR count). The molecule has 0 spiro atoms. The Labute approximate surface area is 154 Å². The topological polar surface area (TPSA) is 70.4 Å². The molecule has 1 fully saturated rings. The molecular formula is C18H27N7O. The van der Waals surface area contributed by atoms with Crippen LogP contribution in [0.3, 0.4) is 0 Å². The molecule has 140 valence electrons. The number of anilines is 2. The Morgan fingerprint density at radius 2 is 1.73 bits per heavy atom. The number of amides is 1. The maximum atomic E-state index is 12.9. The van der Waals surface area contributed by atoms with Gasteiger partial charge >= 0.3 is 0 Å². The number of rotatable bonds is 3. The summed E-state index contributed by atoms with van der Waals surface area (Å²) >= 11 is 0. The third kappa shape index (κ3) is 3.36. The van der Waals surface area contributed by atoms with E-state index in [2.05, 4.69) is 20.0 Å². The monoisotopic (exact) mass is 357 g/mol. The van der Waals surface area contributed by atoms with Crippen molar-refractivity contribution in [3.05, 3.63) is 28.8 Å².